The highest BCUT2D eigenvalue weighted by Crippen LogP contribution is 2.10. The van der Waals surface area contributed by atoms with Crippen LogP contribution in [0.25, 0.3) is 0 Å². The summed E-state index contributed by atoms with van der Waals surface area (Å²) in [5.41, 5.74) is 6.01. The number of aromatic nitrogens is 2. The van der Waals surface area contributed by atoms with Crippen molar-refractivity contribution in [2.75, 3.05) is 5.73 Å². The molecule has 0 radical (unpaired) electrons. The largest absolute Gasteiger partial charge is 0.486 e. The molecule has 0 aliphatic heterocycles. The van der Waals surface area contributed by atoms with E-state index in [2.05, 4.69) is 14.7 Å². The second-order valence-electron chi connectivity index (χ2n) is 2.70. The Morgan fingerprint density at radius 1 is 1.50 bits per heavy atom. The average Bonchev–Trinajstić information content (AvgIpc) is 2.63. The van der Waals surface area contributed by atoms with Gasteiger partial charge in [0.25, 0.3) is 0 Å². The summed E-state index contributed by atoms with van der Waals surface area (Å²) in [6.45, 7) is 0.326. The Hall–Kier alpha value is -2.04. The van der Waals surface area contributed by atoms with Gasteiger partial charge < -0.3 is 15.0 Å². The van der Waals surface area contributed by atoms with Crippen LogP contribution in [0.2, 0.25) is 0 Å². The first-order chi connectivity index (χ1) is 6.84. The molecule has 2 heterocycles. The Labute approximate surface area is 80.5 Å². The Morgan fingerprint density at radius 3 is 3.07 bits per heavy atom. The van der Waals surface area contributed by atoms with Gasteiger partial charge in [-0.2, -0.15) is 0 Å². The normalized spacial score (nSPS) is 10.0. The first-order valence-electron chi connectivity index (χ1n) is 4.08. The van der Waals surface area contributed by atoms with Crippen LogP contribution in [-0.2, 0) is 6.61 Å². The van der Waals surface area contributed by atoms with E-state index in [0.29, 0.717) is 18.1 Å². The molecule has 2 aromatic heterocycles. The molecule has 0 bridgehead atoms. The highest BCUT2D eigenvalue weighted by atomic mass is 16.5. The Balaban J connectivity index is 1.95. The molecule has 0 saturated heterocycles. The predicted molar refractivity (Wildman–Crippen MR) is 49.5 cm³/mol. The van der Waals surface area contributed by atoms with Gasteiger partial charge in [0, 0.05) is 12.3 Å². The number of rotatable bonds is 3. The number of nitrogen functional groups attached to an aromatic ring is 1. The zero-order valence-corrected chi connectivity index (χ0v) is 7.38. The van der Waals surface area contributed by atoms with Crippen molar-refractivity contribution in [1.82, 2.24) is 10.1 Å². The van der Waals surface area contributed by atoms with Crippen LogP contribution in [0.3, 0.4) is 0 Å². The summed E-state index contributed by atoms with van der Waals surface area (Å²) < 4.78 is 10.0. The maximum atomic E-state index is 5.36. The van der Waals surface area contributed by atoms with Crippen molar-refractivity contribution >= 4 is 5.88 Å². The highest BCUT2D eigenvalue weighted by Gasteiger charge is 2.01. The lowest BCUT2D eigenvalue weighted by Gasteiger charge is -2.01. The molecule has 2 aromatic rings. The van der Waals surface area contributed by atoms with Crippen LogP contribution in [0.1, 0.15) is 5.69 Å². The van der Waals surface area contributed by atoms with E-state index >= 15 is 0 Å². The predicted octanol–water partition coefficient (Wildman–Crippen LogP) is 1.23. The fraction of sp³-hybridized carbons (Fsp3) is 0.111. The van der Waals surface area contributed by atoms with Crippen LogP contribution in [0.15, 0.2) is 35.1 Å². The summed E-state index contributed by atoms with van der Waals surface area (Å²) in [4.78, 5) is 3.91. The number of hydrogen-bond donors (Lipinski definition) is 1. The van der Waals surface area contributed by atoms with Crippen molar-refractivity contribution in [3.05, 3.63) is 36.3 Å². The number of pyridine rings is 1. The minimum absolute atomic E-state index is 0.287. The summed E-state index contributed by atoms with van der Waals surface area (Å²) in [6, 6.07) is 5.24. The van der Waals surface area contributed by atoms with Crippen molar-refractivity contribution in [3.8, 4) is 5.75 Å². The smallest absolute Gasteiger partial charge is 0.222 e. The van der Waals surface area contributed by atoms with Gasteiger partial charge in [-0.15, -0.1) is 0 Å². The maximum Gasteiger partial charge on any atom is 0.222 e. The lowest BCUT2D eigenvalue weighted by molar-refractivity contribution is 0.289. The number of nitrogens with two attached hydrogens (primary N) is 1. The minimum atomic E-state index is 0.287. The van der Waals surface area contributed by atoms with Crippen LogP contribution in [-0.4, -0.2) is 10.1 Å². The molecule has 5 nitrogen and oxygen atoms in total. The first kappa shape index (κ1) is 8.55. The van der Waals surface area contributed by atoms with E-state index in [4.69, 9.17) is 10.5 Å². The number of anilines is 1. The summed E-state index contributed by atoms with van der Waals surface area (Å²) in [5.74, 6) is 0.976. The SMILES string of the molecule is Nc1cc(COc2cccnc2)no1. The van der Waals surface area contributed by atoms with Crippen LogP contribution >= 0.6 is 0 Å². The van der Waals surface area contributed by atoms with E-state index in [-0.39, 0.29) is 5.88 Å². The van der Waals surface area contributed by atoms with Crippen LogP contribution in [0.5, 0.6) is 5.75 Å². The maximum absolute atomic E-state index is 5.36. The lowest BCUT2D eigenvalue weighted by Crippen LogP contribution is -1.95. The molecular formula is C9H9N3O2. The molecular weight excluding hydrogens is 182 g/mol. The topological polar surface area (TPSA) is 74.2 Å². The molecule has 0 unspecified atom stereocenters. The zero-order chi connectivity index (χ0) is 9.80. The fourth-order valence-electron chi connectivity index (χ4n) is 0.986. The average molecular weight is 191 g/mol. The summed E-state index contributed by atoms with van der Waals surface area (Å²) in [7, 11) is 0. The van der Waals surface area contributed by atoms with Crippen molar-refractivity contribution < 1.29 is 9.26 Å². The monoisotopic (exact) mass is 191 g/mol. The molecule has 2 rings (SSSR count). The van der Waals surface area contributed by atoms with Crippen molar-refractivity contribution in [2.24, 2.45) is 0 Å². The highest BCUT2D eigenvalue weighted by molar-refractivity contribution is 5.24. The van der Waals surface area contributed by atoms with Gasteiger partial charge in [-0.1, -0.05) is 5.16 Å². The lowest BCUT2D eigenvalue weighted by atomic mass is 10.4. The molecule has 0 fully saturated rings. The van der Waals surface area contributed by atoms with Gasteiger partial charge in [-0.3, -0.25) is 4.98 Å². The van der Waals surface area contributed by atoms with E-state index in [1.807, 2.05) is 6.07 Å². The first-order valence-corrected chi connectivity index (χ1v) is 4.08. The van der Waals surface area contributed by atoms with Crippen LogP contribution in [0, 0.1) is 0 Å². The van der Waals surface area contributed by atoms with Gasteiger partial charge >= 0.3 is 0 Å². The third-order valence-electron chi connectivity index (χ3n) is 1.60. The Morgan fingerprint density at radius 2 is 2.43 bits per heavy atom. The quantitative estimate of drug-likeness (QED) is 0.789. The van der Waals surface area contributed by atoms with Gasteiger partial charge in [-0.25, -0.2) is 0 Å². The third-order valence-corrected chi connectivity index (χ3v) is 1.60. The number of nitrogens with zero attached hydrogens (tertiary/aromatic N) is 2. The van der Waals surface area contributed by atoms with Gasteiger partial charge in [-0.05, 0) is 12.1 Å². The molecule has 0 aliphatic rings. The summed E-state index contributed by atoms with van der Waals surface area (Å²) >= 11 is 0. The van der Waals surface area contributed by atoms with Crippen LogP contribution in [0.4, 0.5) is 5.88 Å². The molecule has 0 amide bonds. The van der Waals surface area contributed by atoms with E-state index < -0.39 is 0 Å². The number of ether oxygens (including phenoxy) is 1. The van der Waals surface area contributed by atoms with E-state index in [9.17, 15) is 0 Å². The molecule has 2 N–H and O–H groups in total. The molecule has 0 atom stereocenters. The van der Waals surface area contributed by atoms with Gasteiger partial charge in [0.05, 0.1) is 6.20 Å². The molecule has 0 aromatic carbocycles. The minimum Gasteiger partial charge on any atom is -0.486 e. The van der Waals surface area contributed by atoms with Gasteiger partial charge in [0.1, 0.15) is 18.1 Å². The number of hydrogen-bond acceptors (Lipinski definition) is 5. The van der Waals surface area contributed by atoms with E-state index in [1.54, 1.807) is 24.5 Å². The molecule has 0 spiro atoms. The van der Waals surface area contributed by atoms with Gasteiger partial charge in [0.15, 0.2) is 0 Å². The summed E-state index contributed by atoms with van der Waals surface area (Å²) in [5, 5.41) is 3.69. The van der Waals surface area contributed by atoms with Crippen molar-refractivity contribution in [3.63, 3.8) is 0 Å². The zero-order valence-electron chi connectivity index (χ0n) is 7.38. The molecule has 5 heteroatoms. The summed E-state index contributed by atoms with van der Waals surface area (Å²) in [6.07, 6.45) is 3.31. The van der Waals surface area contributed by atoms with E-state index in [0.717, 1.165) is 0 Å². The Kier molecular flexibility index (Phi) is 2.31. The van der Waals surface area contributed by atoms with Crippen molar-refractivity contribution in [1.29, 1.82) is 0 Å². The second-order valence-corrected chi connectivity index (χ2v) is 2.70. The molecule has 0 saturated carbocycles. The second kappa shape index (κ2) is 3.78. The van der Waals surface area contributed by atoms with E-state index in [1.165, 1.54) is 0 Å². The molecule has 14 heavy (non-hydrogen) atoms. The molecule has 72 valence electrons. The van der Waals surface area contributed by atoms with Crippen molar-refractivity contribution in [2.45, 2.75) is 6.61 Å². The van der Waals surface area contributed by atoms with Gasteiger partial charge in [0.2, 0.25) is 5.88 Å². The standard InChI is InChI=1S/C9H9N3O2/c10-9-4-7(12-14-9)6-13-8-2-1-3-11-5-8/h1-5H,6,10H2. The molecule has 0 aliphatic carbocycles. The fourth-order valence-corrected chi connectivity index (χ4v) is 0.986. The third kappa shape index (κ3) is 2.01. The van der Waals surface area contributed by atoms with Crippen LogP contribution < -0.4 is 10.5 Å². The Bertz CT molecular complexity index is 399.